The lowest BCUT2D eigenvalue weighted by atomic mass is 9.76. The van der Waals surface area contributed by atoms with Gasteiger partial charge in [0.2, 0.25) is 0 Å². The summed E-state index contributed by atoms with van der Waals surface area (Å²) in [5.41, 5.74) is 3.06. The average Bonchev–Trinajstić information content (AvgIpc) is 3.12. The fourth-order valence-electron chi connectivity index (χ4n) is 4.86. The number of hydrogen-bond donors (Lipinski definition) is 2. The van der Waals surface area contributed by atoms with Crippen molar-refractivity contribution in [1.29, 1.82) is 0 Å². The molecule has 0 saturated heterocycles. The van der Waals surface area contributed by atoms with Crippen LogP contribution in [0.3, 0.4) is 0 Å². The van der Waals surface area contributed by atoms with Crippen molar-refractivity contribution in [3.63, 3.8) is 0 Å². The van der Waals surface area contributed by atoms with Gasteiger partial charge < -0.3 is 0 Å². The Labute approximate surface area is 185 Å². The van der Waals surface area contributed by atoms with Gasteiger partial charge in [-0.1, -0.05) is 48.2 Å². The van der Waals surface area contributed by atoms with Crippen LogP contribution in [0, 0.1) is 19.3 Å². The zero-order valence-corrected chi connectivity index (χ0v) is 19.6. The quantitative estimate of drug-likeness (QED) is 0.534. The molecule has 1 fully saturated rings. The Bertz CT molecular complexity index is 1070. The lowest BCUT2D eigenvalue weighted by Crippen LogP contribution is -2.20. The van der Waals surface area contributed by atoms with Crippen LogP contribution < -0.4 is 0 Å². The van der Waals surface area contributed by atoms with Gasteiger partial charge in [0.25, 0.3) is 20.2 Å². The van der Waals surface area contributed by atoms with E-state index in [-0.39, 0.29) is 15.2 Å². The molecule has 8 heteroatoms. The molecule has 6 nitrogen and oxygen atoms in total. The van der Waals surface area contributed by atoms with E-state index in [0.29, 0.717) is 24.0 Å². The summed E-state index contributed by atoms with van der Waals surface area (Å²) >= 11 is 0. The second-order valence-electron chi connectivity index (χ2n) is 8.88. The molecule has 1 aliphatic carbocycles. The maximum atomic E-state index is 11.8. The van der Waals surface area contributed by atoms with Crippen molar-refractivity contribution in [2.75, 3.05) is 0 Å². The Hall–Kier alpha value is -1.74. The summed E-state index contributed by atoms with van der Waals surface area (Å²) in [6.45, 7) is 3.77. The second kappa shape index (κ2) is 9.02. The summed E-state index contributed by atoms with van der Waals surface area (Å²) in [6.07, 6.45) is 6.71. The van der Waals surface area contributed by atoms with Crippen molar-refractivity contribution in [3.8, 4) is 0 Å². The molecule has 3 rings (SSSR count). The van der Waals surface area contributed by atoms with Crippen LogP contribution in [0.2, 0.25) is 0 Å². The molecule has 1 saturated carbocycles. The Morgan fingerprint density at radius 3 is 1.48 bits per heavy atom. The number of hydrogen-bond acceptors (Lipinski definition) is 4. The van der Waals surface area contributed by atoms with E-state index in [4.69, 9.17) is 0 Å². The minimum absolute atomic E-state index is 0.0273. The molecule has 0 radical (unpaired) electrons. The highest BCUT2D eigenvalue weighted by Gasteiger charge is 2.34. The van der Waals surface area contributed by atoms with E-state index in [9.17, 15) is 25.9 Å². The van der Waals surface area contributed by atoms with Gasteiger partial charge in [-0.2, -0.15) is 16.8 Å². The molecule has 0 aliphatic heterocycles. The van der Waals surface area contributed by atoms with Gasteiger partial charge in [0, 0.05) is 0 Å². The number of benzene rings is 2. The minimum atomic E-state index is -4.29. The molecular formula is C23H30O6S2. The lowest BCUT2D eigenvalue weighted by molar-refractivity contribution is 0.247. The van der Waals surface area contributed by atoms with Crippen molar-refractivity contribution < 1.29 is 25.9 Å². The van der Waals surface area contributed by atoms with Crippen LogP contribution >= 0.6 is 0 Å². The third-order valence-electron chi connectivity index (χ3n) is 6.50. The third kappa shape index (κ3) is 5.94. The standard InChI is InChI=1S/C23H30O6S2/c1-17-5-7-21(30(24,25)26)19(15-17)9-13-23(11-3-4-12-23)14-10-20-16-18(2)6-8-22(20)31(27,28)29/h5-8,15-16H,3-4,9-14H2,1-2H3,(H,24,25,26)(H,27,28,29). The second-order valence-corrected chi connectivity index (χ2v) is 11.7. The normalized spacial score (nSPS) is 16.5. The van der Waals surface area contributed by atoms with Crippen molar-refractivity contribution in [2.45, 2.75) is 75.0 Å². The van der Waals surface area contributed by atoms with E-state index in [1.165, 1.54) is 12.1 Å². The van der Waals surface area contributed by atoms with Crippen LogP contribution in [0.5, 0.6) is 0 Å². The first-order chi connectivity index (χ1) is 14.4. The molecule has 31 heavy (non-hydrogen) atoms. The molecular weight excluding hydrogens is 436 g/mol. The highest BCUT2D eigenvalue weighted by Crippen LogP contribution is 2.46. The van der Waals surface area contributed by atoms with E-state index in [2.05, 4.69) is 0 Å². The maximum Gasteiger partial charge on any atom is 0.294 e. The van der Waals surface area contributed by atoms with Crippen molar-refractivity contribution in [2.24, 2.45) is 5.41 Å². The molecule has 2 aromatic rings. The summed E-state index contributed by atoms with van der Waals surface area (Å²) in [7, 11) is -8.58. The lowest BCUT2D eigenvalue weighted by Gasteiger charge is -2.30. The summed E-state index contributed by atoms with van der Waals surface area (Å²) in [6, 6.07) is 9.86. The number of rotatable bonds is 8. The van der Waals surface area contributed by atoms with E-state index in [1.807, 2.05) is 26.0 Å². The van der Waals surface area contributed by atoms with Gasteiger partial charge >= 0.3 is 0 Å². The first kappa shape index (κ1) is 23.9. The van der Waals surface area contributed by atoms with Gasteiger partial charge in [-0.05, 0) is 81.0 Å². The van der Waals surface area contributed by atoms with E-state index < -0.39 is 20.2 Å². The first-order valence-electron chi connectivity index (χ1n) is 10.5. The molecule has 0 atom stereocenters. The van der Waals surface area contributed by atoms with Gasteiger partial charge in [0.1, 0.15) is 0 Å². The van der Waals surface area contributed by atoms with E-state index in [1.54, 1.807) is 12.1 Å². The highest BCUT2D eigenvalue weighted by atomic mass is 32.2. The monoisotopic (exact) mass is 466 g/mol. The predicted octanol–water partition coefficient (Wildman–Crippen LogP) is 4.92. The molecule has 2 N–H and O–H groups in total. The van der Waals surface area contributed by atoms with Gasteiger partial charge in [-0.25, -0.2) is 0 Å². The number of aryl methyl sites for hydroxylation is 4. The van der Waals surface area contributed by atoms with Crippen LogP contribution in [0.15, 0.2) is 46.2 Å². The maximum absolute atomic E-state index is 11.8. The molecule has 170 valence electrons. The van der Waals surface area contributed by atoms with Gasteiger partial charge in [0.15, 0.2) is 0 Å². The smallest absolute Gasteiger partial charge is 0.282 e. The zero-order chi connectivity index (χ0) is 22.9. The third-order valence-corrected chi connectivity index (χ3v) is 8.41. The Balaban J connectivity index is 1.83. The molecule has 0 amide bonds. The molecule has 1 aliphatic rings. The molecule has 2 aromatic carbocycles. The largest absolute Gasteiger partial charge is 0.294 e. The molecule has 0 bridgehead atoms. The minimum Gasteiger partial charge on any atom is -0.282 e. The van der Waals surface area contributed by atoms with Crippen molar-refractivity contribution in [1.82, 2.24) is 0 Å². The van der Waals surface area contributed by atoms with Crippen LogP contribution in [0.4, 0.5) is 0 Å². The summed E-state index contributed by atoms with van der Waals surface area (Å²) < 4.78 is 66.3. The molecule has 0 unspecified atom stereocenters. The van der Waals surface area contributed by atoms with E-state index >= 15 is 0 Å². The summed E-state index contributed by atoms with van der Waals surface area (Å²) in [4.78, 5) is -0.0859. The van der Waals surface area contributed by atoms with Gasteiger partial charge in [-0.15, -0.1) is 0 Å². The van der Waals surface area contributed by atoms with Crippen LogP contribution in [0.25, 0.3) is 0 Å². The Kier molecular flexibility index (Phi) is 6.96. The van der Waals surface area contributed by atoms with Crippen molar-refractivity contribution in [3.05, 3.63) is 58.7 Å². The first-order valence-corrected chi connectivity index (χ1v) is 13.4. The Morgan fingerprint density at radius 2 is 1.13 bits per heavy atom. The SMILES string of the molecule is Cc1ccc(S(=O)(=O)O)c(CCC2(CCc3cc(C)ccc3S(=O)(=O)O)CCCC2)c1. The molecule has 0 spiro atoms. The Morgan fingerprint density at radius 1 is 0.742 bits per heavy atom. The molecule has 0 aromatic heterocycles. The fraction of sp³-hybridized carbons (Fsp3) is 0.478. The van der Waals surface area contributed by atoms with Crippen LogP contribution in [-0.4, -0.2) is 25.9 Å². The van der Waals surface area contributed by atoms with Gasteiger partial charge in [0.05, 0.1) is 9.79 Å². The highest BCUT2D eigenvalue weighted by molar-refractivity contribution is 7.86. The topological polar surface area (TPSA) is 109 Å². The van der Waals surface area contributed by atoms with Crippen LogP contribution in [0.1, 0.15) is 60.8 Å². The summed E-state index contributed by atoms with van der Waals surface area (Å²) in [5.74, 6) is 0. The zero-order valence-electron chi connectivity index (χ0n) is 18.0. The average molecular weight is 467 g/mol. The van der Waals surface area contributed by atoms with Crippen LogP contribution in [-0.2, 0) is 33.1 Å². The predicted molar refractivity (Wildman–Crippen MR) is 120 cm³/mol. The van der Waals surface area contributed by atoms with Crippen molar-refractivity contribution >= 4 is 20.2 Å². The van der Waals surface area contributed by atoms with E-state index in [0.717, 1.165) is 49.7 Å². The fourth-order valence-corrected chi connectivity index (χ4v) is 6.32. The van der Waals surface area contributed by atoms with Gasteiger partial charge in [-0.3, -0.25) is 9.11 Å². The molecule has 0 heterocycles. The summed E-state index contributed by atoms with van der Waals surface area (Å²) in [5, 5.41) is 0.